The number of anilines is 1. The minimum atomic E-state index is -0.907. The van der Waals surface area contributed by atoms with Crippen LogP contribution < -0.4 is 29.3 Å². The van der Waals surface area contributed by atoms with E-state index in [0.29, 0.717) is 50.8 Å². The van der Waals surface area contributed by atoms with E-state index in [1.54, 1.807) is 30.0 Å². The van der Waals surface area contributed by atoms with Crippen LogP contribution in [0.15, 0.2) is 86.6 Å². The van der Waals surface area contributed by atoms with E-state index in [1.807, 2.05) is 55.5 Å². The van der Waals surface area contributed by atoms with E-state index < -0.39 is 17.6 Å². The van der Waals surface area contributed by atoms with Crippen molar-refractivity contribution in [2.75, 3.05) is 24.8 Å². The highest BCUT2D eigenvalue weighted by atomic mass is 79.9. The van der Waals surface area contributed by atoms with Gasteiger partial charge in [-0.05, 0) is 49.7 Å². The van der Waals surface area contributed by atoms with Crippen molar-refractivity contribution in [3.63, 3.8) is 0 Å². The number of rotatable bonds is 5. The molecular weight excluding hydrogens is 634 g/mol. The number of fused-ring (bicyclic) bond motifs is 3. The Morgan fingerprint density at radius 2 is 1.84 bits per heavy atom. The van der Waals surface area contributed by atoms with Crippen LogP contribution in [-0.2, 0) is 14.3 Å². The molecule has 0 N–H and O–H groups in total. The largest absolute Gasteiger partial charge is 0.463 e. The molecule has 0 spiro atoms. The van der Waals surface area contributed by atoms with Gasteiger partial charge in [0.1, 0.15) is 4.53 Å². The number of hydrogen-bond acceptors (Lipinski definition) is 8. The Labute approximate surface area is 258 Å². The number of nitrogens with zero attached hydrogens (tertiary/aromatic N) is 3. The van der Waals surface area contributed by atoms with Crippen molar-refractivity contribution in [3.8, 4) is 11.5 Å². The Bertz CT molecular complexity index is 2050. The van der Waals surface area contributed by atoms with Crippen molar-refractivity contribution in [1.82, 2.24) is 4.57 Å². The number of benzene rings is 3. The molecule has 3 aliphatic heterocycles. The minimum absolute atomic E-state index is 0.0751. The number of esters is 1. The molecule has 11 heteroatoms. The van der Waals surface area contributed by atoms with Gasteiger partial charge in [0.2, 0.25) is 6.79 Å². The average Bonchev–Trinajstić information content (AvgIpc) is 3.69. The molecule has 0 saturated carbocycles. The number of aromatic nitrogens is 1. The Kier molecular flexibility index (Phi) is 6.78. The molecule has 216 valence electrons. The summed E-state index contributed by atoms with van der Waals surface area (Å²) in [6.45, 7) is 4.28. The smallest absolute Gasteiger partial charge is 0.338 e. The van der Waals surface area contributed by atoms with Crippen molar-refractivity contribution in [2.24, 2.45) is 4.99 Å². The second-order valence-electron chi connectivity index (χ2n) is 9.95. The van der Waals surface area contributed by atoms with Gasteiger partial charge in [0.05, 0.1) is 35.2 Å². The van der Waals surface area contributed by atoms with Crippen molar-refractivity contribution in [2.45, 2.75) is 19.9 Å². The van der Waals surface area contributed by atoms with Crippen LogP contribution in [0, 0.1) is 0 Å². The average molecular weight is 659 g/mol. The van der Waals surface area contributed by atoms with E-state index in [2.05, 4.69) is 15.9 Å². The highest BCUT2D eigenvalue weighted by molar-refractivity contribution is 9.10. The summed E-state index contributed by atoms with van der Waals surface area (Å²) < 4.78 is 19.3. The third-order valence-corrected chi connectivity index (χ3v) is 9.13. The van der Waals surface area contributed by atoms with Gasteiger partial charge < -0.3 is 19.1 Å². The summed E-state index contributed by atoms with van der Waals surface area (Å²) in [5, 5.41) is 0. The second kappa shape index (κ2) is 10.7. The quantitative estimate of drug-likeness (QED) is 0.299. The third-order valence-electron chi connectivity index (χ3n) is 7.58. The number of carbonyl (C=O) groups is 2. The number of halogens is 1. The van der Waals surface area contributed by atoms with Crippen LogP contribution in [0.2, 0.25) is 0 Å². The predicted octanol–water partition coefficient (Wildman–Crippen LogP) is 4.16. The standard InChI is InChI=1S/C32H24BrN3O6S/c1-3-35-21-12-11-19(33)15-20(21)24(29(35)37)28-30(38)36-27(18-10-13-22-23(14-18)42-16-41-22)25(31(39)40-4-2)26(34-32(36)43-28)17-8-6-5-7-9-17/h5-15,27H,3-4,16H2,1-2H3/b28-24+/t27-/m1/s1. The summed E-state index contributed by atoms with van der Waals surface area (Å²) in [5.41, 5.74) is 3.22. The molecule has 0 bridgehead atoms. The van der Waals surface area contributed by atoms with Gasteiger partial charge in [-0.1, -0.05) is 63.7 Å². The van der Waals surface area contributed by atoms with E-state index in [4.69, 9.17) is 19.2 Å². The Morgan fingerprint density at radius 1 is 1.05 bits per heavy atom. The minimum Gasteiger partial charge on any atom is -0.463 e. The second-order valence-corrected chi connectivity index (χ2v) is 11.8. The molecule has 1 amide bonds. The topological polar surface area (TPSA) is 99.4 Å². The molecule has 0 saturated heterocycles. The van der Waals surface area contributed by atoms with Gasteiger partial charge in [-0.3, -0.25) is 14.2 Å². The lowest BCUT2D eigenvalue weighted by atomic mass is 9.93. The van der Waals surface area contributed by atoms with Gasteiger partial charge in [0, 0.05) is 22.1 Å². The zero-order valence-electron chi connectivity index (χ0n) is 23.1. The first-order chi connectivity index (χ1) is 20.9. The number of carbonyl (C=O) groups excluding carboxylic acids is 2. The summed E-state index contributed by atoms with van der Waals surface area (Å²) in [6.07, 6.45) is 0. The van der Waals surface area contributed by atoms with Crippen LogP contribution in [0.1, 0.15) is 36.6 Å². The van der Waals surface area contributed by atoms with Gasteiger partial charge in [-0.25, -0.2) is 9.79 Å². The van der Waals surface area contributed by atoms with Crippen LogP contribution >= 0.6 is 27.3 Å². The molecule has 7 rings (SSSR count). The van der Waals surface area contributed by atoms with E-state index in [1.165, 1.54) is 4.57 Å². The fraction of sp³-hybridized carbons (Fsp3) is 0.188. The van der Waals surface area contributed by atoms with E-state index in [-0.39, 0.29) is 29.4 Å². The molecule has 9 nitrogen and oxygen atoms in total. The van der Waals surface area contributed by atoms with Crippen molar-refractivity contribution < 1.29 is 23.8 Å². The van der Waals surface area contributed by atoms with E-state index in [9.17, 15) is 14.4 Å². The van der Waals surface area contributed by atoms with Crippen LogP contribution in [0.5, 0.6) is 11.5 Å². The normalized spacial score (nSPS) is 18.0. The number of ether oxygens (including phenoxy) is 3. The maximum Gasteiger partial charge on any atom is 0.338 e. The Morgan fingerprint density at radius 3 is 2.60 bits per heavy atom. The highest BCUT2D eigenvalue weighted by Crippen LogP contribution is 2.41. The van der Waals surface area contributed by atoms with Crippen molar-refractivity contribution in [3.05, 3.63) is 113 Å². The van der Waals surface area contributed by atoms with Crippen LogP contribution in [0.25, 0.3) is 11.3 Å². The van der Waals surface area contributed by atoms with Gasteiger partial charge in [-0.15, -0.1) is 0 Å². The maximum absolute atomic E-state index is 14.5. The number of thiazole rings is 1. The highest BCUT2D eigenvalue weighted by Gasteiger charge is 2.38. The van der Waals surface area contributed by atoms with E-state index in [0.717, 1.165) is 21.5 Å². The molecule has 4 heterocycles. The molecule has 43 heavy (non-hydrogen) atoms. The van der Waals surface area contributed by atoms with Gasteiger partial charge in [-0.2, -0.15) is 0 Å². The SMILES string of the molecule is CCOC(=O)C1=C(c2ccccc2)N=c2s/c(=C3/C(=O)N(CC)c4ccc(Br)cc43)c(=O)n2[C@@H]1c1ccc2c(c1)OCO2. The zero-order chi connectivity index (χ0) is 29.8. The number of hydrogen-bond donors (Lipinski definition) is 0. The third kappa shape index (κ3) is 4.33. The molecule has 1 atom stereocenters. The predicted molar refractivity (Wildman–Crippen MR) is 165 cm³/mol. The number of likely N-dealkylation sites (N-methyl/N-ethyl adjacent to an activating group) is 1. The van der Waals surface area contributed by atoms with Crippen LogP contribution in [0.4, 0.5) is 5.69 Å². The summed E-state index contributed by atoms with van der Waals surface area (Å²) in [4.78, 5) is 48.9. The summed E-state index contributed by atoms with van der Waals surface area (Å²) in [7, 11) is 0. The first-order valence-corrected chi connectivity index (χ1v) is 15.3. The van der Waals surface area contributed by atoms with Gasteiger partial charge in [0.25, 0.3) is 11.5 Å². The molecular formula is C32H24BrN3O6S. The lowest BCUT2D eigenvalue weighted by Gasteiger charge is -2.26. The van der Waals surface area contributed by atoms with Crippen molar-refractivity contribution in [1.29, 1.82) is 0 Å². The first kappa shape index (κ1) is 27.4. The summed E-state index contributed by atoms with van der Waals surface area (Å²) in [5.74, 6) is 0.233. The molecule has 1 aromatic heterocycles. The monoisotopic (exact) mass is 657 g/mol. The summed E-state index contributed by atoms with van der Waals surface area (Å²) in [6, 6.07) is 19.3. The lowest BCUT2D eigenvalue weighted by Crippen LogP contribution is -2.41. The first-order valence-electron chi connectivity index (χ1n) is 13.7. The number of amides is 1. The molecule has 3 aromatic carbocycles. The zero-order valence-corrected chi connectivity index (χ0v) is 25.5. The molecule has 3 aliphatic rings. The van der Waals surface area contributed by atoms with Crippen LogP contribution in [-0.4, -0.2) is 36.4 Å². The van der Waals surface area contributed by atoms with E-state index >= 15 is 0 Å². The lowest BCUT2D eigenvalue weighted by molar-refractivity contribution is -0.138. The van der Waals surface area contributed by atoms with Gasteiger partial charge >= 0.3 is 5.97 Å². The molecule has 0 aliphatic carbocycles. The molecule has 0 unspecified atom stereocenters. The molecule has 4 aromatic rings. The molecule has 0 fully saturated rings. The molecule has 0 radical (unpaired) electrons. The van der Waals surface area contributed by atoms with Crippen LogP contribution in [0.3, 0.4) is 0 Å². The fourth-order valence-electron chi connectivity index (χ4n) is 5.73. The van der Waals surface area contributed by atoms with Gasteiger partial charge in [0.15, 0.2) is 16.3 Å². The Hall–Kier alpha value is -4.48. The fourth-order valence-corrected chi connectivity index (χ4v) is 7.18. The Balaban J connectivity index is 1.57. The maximum atomic E-state index is 14.5. The summed E-state index contributed by atoms with van der Waals surface area (Å²) >= 11 is 4.65. The van der Waals surface area contributed by atoms with Crippen molar-refractivity contribution >= 4 is 56.1 Å².